The Morgan fingerprint density at radius 3 is 2.52 bits per heavy atom. The van der Waals surface area contributed by atoms with Crippen molar-refractivity contribution < 1.29 is 0 Å². The molecule has 0 saturated heterocycles. The summed E-state index contributed by atoms with van der Waals surface area (Å²) >= 11 is 1.13. The number of aromatic amines is 2. The Morgan fingerprint density at radius 1 is 1.19 bits per heavy atom. The van der Waals surface area contributed by atoms with Crippen molar-refractivity contribution in [3.05, 3.63) is 49.8 Å². The van der Waals surface area contributed by atoms with Crippen LogP contribution >= 0.6 is 11.8 Å². The molecule has 2 heterocycles. The fourth-order valence-corrected chi connectivity index (χ4v) is 2.40. The molecule has 0 spiro atoms. The Kier molecular flexibility index (Phi) is 4.07. The van der Waals surface area contributed by atoms with Crippen LogP contribution < -0.4 is 17.0 Å². The Balaban J connectivity index is 2.30. The zero-order valence-corrected chi connectivity index (χ0v) is 11.3. The first-order chi connectivity index (χ1) is 10.0. The van der Waals surface area contributed by atoms with Gasteiger partial charge in [-0.15, -0.1) is 0 Å². The molecule has 0 atom stereocenters. The second-order valence-corrected chi connectivity index (χ2v) is 4.86. The fraction of sp³-hybridized carbons (Fsp3) is 0.0833. The number of hydrogen-bond donors (Lipinski definition) is 3. The molecule has 0 radical (unpaired) electrons. The van der Waals surface area contributed by atoms with Gasteiger partial charge < -0.3 is 10.7 Å². The molecule has 2 aromatic heterocycles. The molecule has 0 aliphatic rings. The molecule has 9 heteroatoms. The largest absolute Gasteiger partial charge is 0.383 e. The Morgan fingerprint density at radius 2 is 1.90 bits per heavy atom. The summed E-state index contributed by atoms with van der Waals surface area (Å²) in [5, 5.41) is 18.2. The van der Waals surface area contributed by atoms with Gasteiger partial charge in [0.2, 0.25) is 0 Å². The maximum absolute atomic E-state index is 11.2. The lowest BCUT2D eigenvalue weighted by atomic mass is 10.2. The summed E-state index contributed by atoms with van der Waals surface area (Å²) in [6.45, 7) is 0. The SMILES string of the molecule is N#Cc1cc(C#N)c(SCc2cc(=O)[nH]c(=O)[nH]2)nc1N. The standard InChI is InChI=1S/C12H8N6O2S/c13-3-6-1-7(4-14)11(18-10(6)15)21-5-8-2-9(19)17-12(20)16-8/h1-2H,5H2,(H2,15,18)(H2,16,17,19,20). The van der Waals surface area contributed by atoms with Crippen LogP contribution in [0.3, 0.4) is 0 Å². The molecular formula is C12H8N6O2S. The molecule has 2 rings (SSSR count). The van der Waals surface area contributed by atoms with Gasteiger partial charge in [-0.3, -0.25) is 9.78 Å². The lowest BCUT2D eigenvalue weighted by Gasteiger charge is -2.05. The highest BCUT2D eigenvalue weighted by Crippen LogP contribution is 2.25. The monoisotopic (exact) mass is 300 g/mol. The third kappa shape index (κ3) is 3.29. The molecular weight excluding hydrogens is 292 g/mol. The van der Waals surface area contributed by atoms with Crippen LogP contribution in [0, 0.1) is 22.7 Å². The first kappa shape index (κ1) is 14.4. The zero-order chi connectivity index (χ0) is 15.4. The molecule has 21 heavy (non-hydrogen) atoms. The number of aromatic nitrogens is 3. The number of rotatable bonds is 3. The number of nitrogens with two attached hydrogens (primary N) is 1. The predicted octanol–water partition coefficient (Wildman–Crippen LogP) is 0.0761. The van der Waals surface area contributed by atoms with Crippen LogP contribution in [-0.4, -0.2) is 15.0 Å². The van der Waals surface area contributed by atoms with Gasteiger partial charge in [-0.05, 0) is 6.07 Å². The van der Waals surface area contributed by atoms with Gasteiger partial charge in [0.15, 0.2) is 0 Å². The summed E-state index contributed by atoms with van der Waals surface area (Å²) in [6.07, 6.45) is 0. The highest BCUT2D eigenvalue weighted by Gasteiger charge is 2.11. The predicted molar refractivity (Wildman–Crippen MR) is 75.3 cm³/mol. The van der Waals surface area contributed by atoms with E-state index in [-0.39, 0.29) is 22.7 Å². The normalized spacial score (nSPS) is 9.81. The van der Waals surface area contributed by atoms with E-state index >= 15 is 0 Å². The highest BCUT2D eigenvalue weighted by molar-refractivity contribution is 7.98. The van der Waals surface area contributed by atoms with Crippen molar-refractivity contribution in [2.45, 2.75) is 10.8 Å². The number of nitriles is 2. The molecule has 0 bridgehead atoms. The number of nitrogens with one attached hydrogen (secondary N) is 2. The molecule has 0 unspecified atom stereocenters. The van der Waals surface area contributed by atoms with Crippen molar-refractivity contribution in [2.75, 3.05) is 5.73 Å². The summed E-state index contributed by atoms with van der Waals surface area (Å²) in [6, 6.07) is 6.37. The van der Waals surface area contributed by atoms with Gasteiger partial charge in [0.1, 0.15) is 23.0 Å². The molecule has 8 nitrogen and oxygen atoms in total. The van der Waals surface area contributed by atoms with E-state index in [1.165, 1.54) is 12.1 Å². The minimum absolute atomic E-state index is 0.0263. The average Bonchev–Trinajstić information content (AvgIpc) is 2.44. The molecule has 0 amide bonds. The molecule has 0 aromatic carbocycles. The lowest BCUT2D eigenvalue weighted by molar-refractivity contribution is 0.984. The van der Waals surface area contributed by atoms with E-state index in [0.717, 1.165) is 11.8 Å². The quantitative estimate of drug-likeness (QED) is 0.678. The summed E-state index contributed by atoms with van der Waals surface area (Å²) in [5.41, 5.74) is 5.21. The van der Waals surface area contributed by atoms with Gasteiger partial charge in [0, 0.05) is 17.5 Å². The lowest BCUT2D eigenvalue weighted by Crippen LogP contribution is -2.22. The van der Waals surface area contributed by atoms with Gasteiger partial charge in [0.25, 0.3) is 5.56 Å². The van der Waals surface area contributed by atoms with Gasteiger partial charge in [-0.1, -0.05) is 11.8 Å². The van der Waals surface area contributed by atoms with Crippen molar-refractivity contribution in [3.8, 4) is 12.1 Å². The van der Waals surface area contributed by atoms with Crippen molar-refractivity contribution in [1.29, 1.82) is 10.5 Å². The summed E-state index contributed by atoms with van der Waals surface area (Å²) < 4.78 is 0. The number of pyridine rings is 1. The maximum Gasteiger partial charge on any atom is 0.325 e. The summed E-state index contributed by atoms with van der Waals surface area (Å²) in [7, 11) is 0. The topological polar surface area (TPSA) is 152 Å². The number of nitrogen functional groups attached to an aromatic ring is 1. The summed E-state index contributed by atoms with van der Waals surface area (Å²) in [4.78, 5) is 30.8. The third-order valence-corrected chi connectivity index (χ3v) is 3.48. The number of thioether (sulfide) groups is 1. The van der Waals surface area contributed by atoms with E-state index in [1.807, 2.05) is 12.1 Å². The number of hydrogen-bond acceptors (Lipinski definition) is 7. The first-order valence-electron chi connectivity index (χ1n) is 5.59. The van der Waals surface area contributed by atoms with Gasteiger partial charge >= 0.3 is 5.69 Å². The number of nitrogens with zero attached hydrogens (tertiary/aromatic N) is 3. The first-order valence-corrected chi connectivity index (χ1v) is 6.58. The van der Waals surface area contributed by atoms with Crippen LogP contribution in [0.1, 0.15) is 16.8 Å². The van der Waals surface area contributed by atoms with Crippen molar-refractivity contribution in [1.82, 2.24) is 15.0 Å². The highest BCUT2D eigenvalue weighted by atomic mass is 32.2. The third-order valence-electron chi connectivity index (χ3n) is 2.44. The Hall–Kier alpha value is -3.04. The van der Waals surface area contributed by atoms with Crippen LogP contribution in [0.4, 0.5) is 5.82 Å². The number of anilines is 1. The molecule has 0 saturated carbocycles. The maximum atomic E-state index is 11.2. The Bertz CT molecular complexity index is 858. The smallest absolute Gasteiger partial charge is 0.325 e. The van der Waals surface area contributed by atoms with E-state index in [0.29, 0.717) is 10.7 Å². The van der Waals surface area contributed by atoms with Crippen LogP contribution in [0.2, 0.25) is 0 Å². The molecule has 0 aliphatic carbocycles. The van der Waals surface area contributed by atoms with E-state index in [2.05, 4.69) is 15.0 Å². The van der Waals surface area contributed by atoms with Crippen LogP contribution in [0.5, 0.6) is 0 Å². The molecule has 4 N–H and O–H groups in total. The minimum atomic E-state index is -0.606. The molecule has 0 fully saturated rings. The van der Waals surface area contributed by atoms with Crippen molar-refractivity contribution in [2.24, 2.45) is 0 Å². The zero-order valence-electron chi connectivity index (χ0n) is 10.5. The van der Waals surface area contributed by atoms with Crippen molar-refractivity contribution >= 4 is 17.6 Å². The summed E-state index contributed by atoms with van der Waals surface area (Å²) in [5.74, 6) is 0.255. The van der Waals surface area contributed by atoms with Gasteiger partial charge in [-0.2, -0.15) is 10.5 Å². The second-order valence-electron chi connectivity index (χ2n) is 3.90. The Labute approximate surface area is 122 Å². The molecule has 2 aromatic rings. The van der Waals surface area contributed by atoms with E-state index < -0.39 is 11.2 Å². The molecule has 104 valence electrons. The van der Waals surface area contributed by atoms with E-state index in [1.54, 1.807) is 0 Å². The second kappa shape index (κ2) is 5.94. The van der Waals surface area contributed by atoms with E-state index in [4.69, 9.17) is 16.3 Å². The molecule has 0 aliphatic heterocycles. The minimum Gasteiger partial charge on any atom is -0.383 e. The van der Waals surface area contributed by atoms with Crippen molar-refractivity contribution in [3.63, 3.8) is 0 Å². The van der Waals surface area contributed by atoms with Crippen LogP contribution in [0.15, 0.2) is 26.7 Å². The van der Waals surface area contributed by atoms with Crippen LogP contribution in [-0.2, 0) is 5.75 Å². The van der Waals surface area contributed by atoms with E-state index in [9.17, 15) is 9.59 Å². The number of H-pyrrole nitrogens is 2. The van der Waals surface area contributed by atoms with Crippen LogP contribution in [0.25, 0.3) is 0 Å². The van der Waals surface area contributed by atoms with Gasteiger partial charge in [0.05, 0.1) is 11.1 Å². The van der Waals surface area contributed by atoms with Gasteiger partial charge in [-0.25, -0.2) is 9.78 Å². The average molecular weight is 300 g/mol. The fourth-order valence-electron chi connectivity index (χ4n) is 1.53.